The van der Waals surface area contributed by atoms with E-state index in [1.807, 2.05) is 0 Å². The Morgan fingerprint density at radius 1 is 1.31 bits per heavy atom. The molecule has 4 atom stereocenters. The van der Waals surface area contributed by atoms with Crippen LogP contribution in [-0.2, 0) is 0 Å². The van der Waals surface area contributed by atoms with Gasteiger partial charge in [-0.25, -0.2) is 0 Å². The maximum atomic E-state index is 3.78. The van der Waals surface area contributed by atoms with Crippen molar-refractivity contribution in [2.75, 3.05) is 6.54 Å². The fourth-order valence-electron chi connectivity index (χ4n) is 3.07. The van der Waals surface area contributed by atoms with Crippen LogP contribution in [0.1, 0.15) is 58.8 Å². The number of rotatable bonds is 5. The zero-order chi connectivity index (χ0) is 11.4. The van der Waals surface area contributed by atoms with Crippen LogP contribution in [0, 0.1) is 5.92 Å². The molecule has 94 valence electrons. The first-order valence-corrected chi connectivity index (χ1v) is 7.29. The van der Waals surface area contributed by atoms with E-state index in [1.54, 1.807) is 0 Å². The van der Waals surface area contributed by atoms with Gasteiger partial charge in [-0.1, -0.05) is 26.2 Å². The van der Waals surface area contributed by atoms with E-state index in [-0.39, 0.29) is 0 Å². The fraction of sp³-hybridized carbons (Fsp3) is 1.00. The van der Waals surface area contributed by atoms with E-state index >= 15 is 0 Å². The molecule has 4 unspecified atom stereocenters. The van der Waals surface area contributed by atoms with Gasteiger partial charge in [0.05, 0.1) is 0 Å². The van der Waals surface area contributed by atoms with E-state index < -0.39 is 0 Å². The third-order valence-electron chi connectivity index (χ3n) is 4.25. The molecular weight excluding hydrogens is 196 g/mol. The first-order valence-electron chi connectivity index (χ1n) is 7.29. The van der Waals surface area contributed by atoms with Crippen molar-refractivity contribution in [3.05, 3.63) is 0 Å². The molecule has 0 amide bonds. The summed E-state index contributed by atoms with van der Waals surface area (Å²) < 4.78 is 0. The summed E-state index contributed by atoms with van der Waals surface area (Å²) in [6.07, 6.45) is 9.68. The summed E-state index contributed by atoms with van der Waals surface area (Å²) in [5.74, 6) is 0.976. The maximum absolute atomic E-state index is 3.78. The fourth-order valence-corrected chi connectivity index (χ4v) is 3.07. The zero-order valence-electron chi connectivity index (χ0n) is 11.0. The first kappa shape index (κ1) is 12.4. The molecule has 2 aliphatic rings. The summed E-state index contributed by atoms with van der Waals surface area (Å²) in [6.45, 7) is 5.90. The van der Waals surface area contributed by atoms with Crippen LogP contribution in [0.4, 0.5) is 0 Å². The van der Waals surface area contributed by atoms with E-state index in [0.29, 0.717) is 6.04 Å². The lowest BCUT2D eigenvalue weighted by atomic mass is 10.0. The molecule has 2 heteroatoms. The smallest absolute Gasteiger partial charge is 0.0101 e. The molecule has 2 rings (SSSR count). The van der Waals surface area contributed by atoms with Crippen LogP contribution in [0.2, 0.25) is 0 Å². The van der Waals surface area contributed by atoms with E-state index in [0.717, 1.165) is 18.0 Å². The molecule has 2 nitrogen and oxygen atoms in total. The minimum Gasteiger partial charge on any atom is -0.314 e. The molecule has 0 radical (unpaired) electrons. The molecular formula is C14H28N2. The lowest BCUT2D eigenvalue weighted by Crippen LogP contribution is -2.38. The lowest BCUT2D eigenvalue weighted by molar-refractivity contribution is 0.396. The van der Waals surface area contributed by atoms with Crippen molar-refractivity contribution < 1.29 is 0 Å². The van der Waals surface area contributed by atoms with Crippen LogP contribution in [0.5, 0.6) is 0 Å². The van der Waals surface area contributed by atoms with Crippen molar-refractivity contribution in [1.82, 2.24) is 10.6 Å². The van der Waals surface area contributed by atoms with Gasteiger partial charge in [-0.2, -0.15) is 0 Å². The minimum atomic E-state index is 0.692. The Kier molecular flexibility index (Phi) is 4.66. The van der Waals surface area contributed by atoms with Gasteiger partial charge in [0, 0.05) is 18.1 Å². The van der Waals surface area contributed by atoms with Gasteiger partial charge in [-0.3, -0.25) is 0 Å². The van der Waals surface area contributed by atoms with Crippen LogP contribution in [0.15, 0.2) is 0 Å². The Hall–Kier alpha value is -0.0800. The van der Waals surface area contributed by atoms with E-state index in [2.05, 4.69) is 24.5 Å². The molecule has 2 fully saturated rings. The Bertz CT molecular complexity index is 197. The lowest BCUT2D eigenvalue weighted by Gasteiger charge is -2.21. The Balaban J connectivity index is 1.64. The predicted molar refractivity (Wildman–Crippen MR) is 69.7 cm³/mol. The number of hydrogen-bond acceptors (Lipinski definition) is 2. The summed E-state index contributed by atoms with van der Waals surface area (Å²) in [5.41, 5.74) is 0. The van der Waals surface area contributed by atoms with E-state index in [1.165, 1.54) is 51.5 Å². The molecule has 0 spiro atoms. The summed E-state index contributed by atoms with van der Waals surface area (Å²) in [5, 5.41) is 7.47. The van der Waals surface area contributed by atoms with Gasteiger partial charge in [-0.15, -0.1) is 0 Å². The van der Waals surface area contributed by atoms with Crippen LogP contribution in [0.25, 0.3) is 0 Å². The van der Waals surface area contributed by atoms with Crippen LogP contribution >= 0.6 is 0 Å². The Morgan fingerprint density at radius 2 is 2.19 bits per heavy atom. The third-order valence-corrected chi connectivity index (χ3v) is 4.25. The van der Waals surface area contributed by atoms with Crippen molar-refractivity contribution in [3.8, 4) is 0 Å². The van der Waals surface area contributed by atoms with Crippen molar-refractivity contribution in [3.63, 3.8) is 0 Å². The summed E-state index contributed by atoms with van der Waals surface area (Å²) in [6, 6.07) is 2.30. The van der Waals surface area contributed by atoms with Gasteiger partial charge in [0.1, 0.15) is 0 Å². The standard InChI is InChI=1S/C14H28N2/c1-3-12-10-14(12)16-11(2)9-13-7-5-4-6-8-15-13/h11-16H,3-10H2,1-2H3. The highest BCUT2D eigenvalue weighted by Crippen LogP contribution is 2.33. The molecule has 1 saturated carbocycles. The summed E-state index contributed by atoms with van der Waals surface area (Å²) in [7, 11) is 0. The monoisotopic (exact) mass is 224 g/mol. The first-order chi connectivity index (χ1) is 7.79. The second kappa shape index (κ2) is 6.02. The van der Waals surface area contributed by atoms with Crippen molar-refractivity contribution in [1.29, 1.82) is 0 Å². The maximum Gasteiger partial charge on any atom is 0.0101 e. The van der Waals surface area contributed by atoms with Crippen LogP contribution in [0.3, 0.4) is 0 Å². The number of nitrogens with one attached hydrogen (secondary N) is 2. The molecule has 0 aromatic carbocycles. The Labute approximate surface area is 101 Å². The van der Waals surface area contributed by atoms with Gasteiger partial charge >= 0.3 is 0 Å². The third kappa shape index (κ3) is 3.74. The van der Waals surface area contributed by atoms with Gasteiger partial charge in [0.2, 0.25) is 0 Å². The van der Waals surface area contributed by atoms with E-state index in [9.17, 15) is 0 Å². The van der Waals surface area contributed by atoms with Crippen LogP contribution < -0.4 is 10.6 Å². The van der Waals surface area contributed by atoms with Crippen LogP contribution in [-0.4, -0.2) is 24.7 Å². The number of hydrogen-bond donors (Lipinski definition) is 2. The molecule has 0 aromatic heterocycles. The highest BCUT2D eigenvalue weighted by Gasteiger charge is 2.35. The molecule has 1 aliphatic carbocycles. The summed E-state index contributed by atoms with van der Waals surface area (Å²) in [4.78, 5) is 0. The SMILES string of the molecule is CCC1CC1NC(C)CC1CCCCCN1. The predicted octanol–water partition coefficient (Wildman–Crippen LogP) is 2.69. The molecule has 16 heavy (non-hydrogen) atoms. The second-order valence-electron chi connectivity index (χ2n) is 5.81. The average molecular weight is 224 g/mol. The van der Waals surface area contributed by atoms with Gasteiger partial charge < -0.3 is 10.6 Å². The van der Waals surface area contributed by atoms with Gasteiger partial charge in [-0.05, 0) is 45.1 Å². The zero-order valence-corrected chi connectivity index (χ0v) is 11.0. The molecule has 0 bridgehead atoms. The average Bonchev–Trinajstić information content (AvgIpc) is 3.02. The van der Waals surface area contributed by atoms with Gasteiger partial charge in [0.25, 0.3) is 0 Å². The molecule has 1 aliphatic heterocycles. The van der Waals surface area contributed by atoms with Gasteiger partial charge in [0.15, 0.2) is 0 Å². The van der Waals surface area contributed by atoms with Crippen molar-refractivity contribution >= 4 is 0 Å². The topological polar surface area (TPSA) is 24.1 Å². The highest BCUT2D eigenvalue weighted by atomic mass is 15.0. The molecule has 0 aromatic rings. The molecule has 1 heterocycles. The minimum absolute atomic E-state index is 0.692. The largest absolute Gasteiger partial charge is 0.314 e. The van der Waals surface area contributed by atoms with Crippen molar-refractivity contribution in [2.45, 2.75) is 76.9 Å². The normalized spacial score (nSPS) is 36.8. The highest BCUT2D eigenvalue weighted by molar-refractivity contribution is 4.94. The van der Waals surface area contributed by atoms with E-state index in [4.69, 9.17) is 0 Å². The Morgan fingerprint density at radius 3 is 2.94 bits per heavy atom. The second-order valence-corrected chi connectivity index (χ2v) is 5.81. The van der Waals surface area contributed by atoms with Crippen molar-refractivity contribution in [2.24, 2.45) is 5.92 Å². The molecule has 1 saturated heterocycles. The summed E-state index contributed by atoms with van der Waals surface area (Å²) >= 11 is 0. The molecule has 2 N–H and O–H groups in total. The quantitative estimate of drug-likeness (QED) is 0.750.